The van der Waals surface area contributed by atoms with Crippen LogP contribution in [0.2, 0.25) is 0 Å². The number of aromatic nitrogens is 2. The molecule has 2 aromatic rings. The lowest BCUT2D eigenvalue weighted by Crippen LogP contribution is -2.52. The molecule has 3 N–H and O–H groups in total. The smallest absolute Gasteiger partial charge is 0.273 e. The van der Waals surface area contributed by atoms with Crippen molar-refractivity contribution < 1.29 is 9.59 Å². The lowest BCUT2D eigenvalue weighted by atomic mass is 9.86. The number of hydrogen-bond acceptors (Lipinski definition) is 3. The van der Waals surface area contributed by atoms with Crippen LogP contribution >= 0.6 is 0 Å². The van der Waals surface area contributed by atoms with Crippen LogP contribution in [0.25, 0.3) is 10.9 Å². The Kier molecular flexibility index (Phi) is 5.82. The van der Waals surface area contributed by atoms with Gasteiger partial charge >= 0.3 is 0 Å². The van der Waals surface area contributed by atoms with Gasteiger partial charge in [0.05, 0.1) is 5.52 Å². The van der Waals surface area contributed by atoms with Crippen LogP contribution in [-0.4, -0.2) is 27.6 Å². The van der Waals surface area contributed by atoms with Gasteiger partial charge < -0.3 is 11.1 Å². The molecule has 2 amide bonds. The number of rotatable bonds is 7. The summed E-state index contributed by atoms with van der Waals surface area (Å²) in [7, 11) is 0. The van der Waals surface area contributed by atoms with Gasteiger partial charge in [0.2, 0.25) is 5.91 Å². The predicted octanol–water partition coefficient (Wildman–Crippen LogP) is 2.86. The number of nitrogens with zero attached hydrogens (tertiary/aromatic N) is 2. The maximum Gasteiger partial charge on any atom is 0.273 e. The number of nitrogens with one attached hydrogen (secondary N) is 1. The molecule has 0 spiro atoms. The minimum Gasteiger partial charge on any atom is -0.368 e. The highest BCUT2D eigenvalue weighted by molar-refractivity contribution is 6.06. The number of unbranched alkanes of at least 4 members (excludes halogenated alkanes) is 2. The molecule has 1 atom stereocenters. The molecular formula is C19H28N4O2. The number of para-hydroxylation sites is 1. The zero-order valence-electron chi connectivity index (χ0n) is 15.5. The lowest BCUT2D eigenvalue weighted by Gasteiger charge is -2.28. The fraction of sp³-hybridized carbons (Fsp3) is 0.526. The third-order valence-corrected chi connectivity index (χ3v) is 4.27. The summed E-state index contributed by atoms with van der Waals surface area (Å²) in [5.74, 6) is -0.920. The highest BCUT2D eigenvalue weighted by Crippen LogP contribution is 2.22. The average Bonchev–Trinajstić information content (AvgIpc) is 2.90. The van der Waals surface area contributed by atoms with Crippen LogP contribution in [0.4, 0.5) is 0 Å². The summed E-state index contributed by atoms with van der Waals surface area (Å²) in [5, 5.41) is 8.05. The van der Waals surface area contributed by atoms with Crippen LogP contribution in [0.3, 0.4) is 0 Å². The van der Waals surface area contributed by atoms with Crippen molar-refractivity contribution in [3.05, 3.63) is 30.0 Å². The van der Waals surface area contributed by atoms with Crippen molar-refractivity contribution in [1.29, 1.82) is 0 Å². The first-order valence-corrected chi connectivity index (χ1v) is 8.81. The number of benzene rings is 1. The molecule has 1 unspecified atom stereocenters. The molecule has 6 nitrogen and oxygen atoms in total. The summed E-state index contributed by atoms with van der Waals surface area (Å²) < 4.78 is 1.87. The van der Waals surface area contributed by atoms with Gasteiger partial charge in [0.15, 0.2) is 5.69 Å². The molecule has 0 saturated carbocycles. The Morgan fingerprint density at radius 2 is 1.92 bits per heavy atom. The van der Waals surface area contributed by atoms with E-state index in [2.05, 4.69) is 17.3 Å². The van der Waals surface area contributed by atoms with Gasteiger partial charge in [0, 0.05) is 11.9 Å². The quantitative estimate of drug-likeness (QED) is 0.757. The molecule has 136 valence electrons. The molecule has 6 heteroatoms. The van der Waals surface area contributed by atoms with Crippen LogP contribution in [0.5, 0.6) is 0 Å². The third kappa shape index (κ3) is 4.38. The van der Waals surface area contributed by atoms with Gasteiger partial charge in [0.1, 0.15) is 6.04 Å². The molecule has 0 aliphatic heterocycles. The Morgan fingerprint density at radius 3 is 2.52 bits per heavy atom. The molecule has 0 aliphatic rings. The fourth-order valence-corrected chi connectivity index (χ4v) is 2.89. The molecule has 1 aromatic carbocycles. The Hall–Kier alpha value is -2.37. The Bertz CT molecular complexity index is 758. The minimum absolute atomic E-state index is 0.336. The van der Waals surface area contributed by atoms with E-state index in [1.165, 1.54) is 0 Å². The first-order valence-electron chi connectivity index (χ1n) is 8.81. The molecule has 1 aromatic heterocycles. The van der Waals surface area contributed by atoms with Gasteiger partial charge in [-0.25, -0.2) is 0 Å². The van der Waals surface area contributed by atoms with E-state index >= 15 is 0 Å². The van der Waals surface area contributed by atoms with E-state index in [-0.39, 0.29) is 5.91 Å². The van der Waals surface area contributed by atoms with Crippen LogP contribution in [0, 0.1) is 5.41 Å². The Morgan fingerprint density at radius 1 is 1.24 bits per heavy atom. The van der Waals surface area contributed by atoms with E-state index in [9.17, 15) is 9.59 Å². The van der Waals surface area contributed by atoms with Crippen molar-refractivity contribution in [2.24, 2.45) is 11.1 Å². The normalized spacial score (nSPS) is 13.0. The van der Waals surface area contributed by atoms with Gasteiger partial charge in [-0.2, -0.15) is 5.10 Å². The standard InChI is InChI=1S/C19H28N4O2/c1-5-6-9-12-23-14-11-8-7-10-13(14)15(22-23)18(25)21-16(17(20)24)19(2,3)4/h7-8,10-11,16H,5-6,9,12H2,1-4H3,(H2,20,24)(H,21,25). The molecule has 2 rings (SSSR count). The van der Waals surface area contributed by atoms with E-state index in [0.717, 1.165) is 36.7 Å². The minimum atomic E-state index is -0.760. The number of nitrogens with two attached hydrogens (primary N) is 1. The van der Waals surface area contributed by atoms with Crippen molar-refractivity contribution in [3.8, 4) is 0 Å². The topological polar surface area (TPSA) is 90.0 Å². The zero-order valence-corrected chi connectivity index (χ0v) is 15.5. The second kappa shape index (κ2) is 7.68. The fourth-order valence-electron chi connectivity index (χ4n) is 2.89. The maximum atomic E-state index is 12.8. The number of carbonyl (C=O) groups is 2. The summed E-state index contributed by atoms with van der Waals surface area (Å²) in [4.78, 5) is 24.5. The number of hydrogen-bond donors (Lipinski definition) is 2. The van der Waals surface area contributed by atoms with Crippen molar-refractivity contribution in [2.45, 2.75) is 59.5 Å². The zero-order chi connectivity index (χ0) is 18.6. The van der Waals surface area contributed by atoms with Crippen LogP contribution in [0.1, 0.15) is 57.4 Å². The van der Waals surface area contributed by atoms with Crippen molar-refractivity contribution in [1.82, 2.24) is 15.1 Å². The number of primary amides is 1. The van der Waals surface area contributed by atoms with Crippen LogP contribution in [0.15, 0.2) is 24.3 Å². The van der Waals surface area contributed by atoms with Crippen molar-refractivity contribution in [3.63, 3.8) is 0 Å². The van der Waals surface area contributed by atoms with Crippen LogP contribution in [-0.2, 0) is 11.3 Å². The first kappa shape index (κ1) is 19.0. The predicted molar refractivity (Wildman–Crippen MR) is 99.2 cm³/mol. The average molecular weight is 344 g/mol. The number of aryl methyl sites for hydroxylation is 1. The van der Waals surface area contributed by atoms with E-state index in [1.807, 2.05) is 49.7 Å². The van der Waals surface area contributed by atoms with E-state index in [1.54, 1.807) is 0 Å². The monoisotopic (exact) mass is 344 g/mol. The van der Waals surface area contributed by atoms with E-state index in [4.69, 9.17) is 5.73 Å². The molecule has 25 heavy (non-hydrogen) atoms. The third-order valence-electron chi connectivity index (χ3n) is 4.27. The van der Waals surface area contributed by atoms with Crippen molar-refractivity contribution >= 4 is 22.7 Å². The number of amides is 2. The molecule has 0 fully saturated rings. The second-order valence-electron chi connectivity index (χ2n) is 7.47. The molecule has 1 heterocycles. The largest absolute Gasteiger partial charge is 0.368 e. The number of carbonyl (C=O) groups excluding carboxylic acids is 2. The van der Waals surface area contributed by atoms with Gasteiger partial charge in [-0.1, -0.05) is 58.7 Å². The lowest BCUT2D eigenvalue weighted by molar-refractivity contribution is -0.122. The van der Waals surface area contributed by atoms with Gasteiger partial charge in [-0.3, -0.25) is 14.3 Å². The SMILES string of the molecule is CCCCCn1nc(C(=O)NC(C(N)=O)C(C)(C)C)c2ccccc21. The van der Waals surface area contributed by atoms with Gasteiger partial charge in [-0.15, -0.1) is 0 Å². The Labute approximate surface area is 148 Å². The van der Waals surface area contributed by atoms with Gasteiger partial charge in [-0.05, 0) is 17.9 Å². The summed E-state index contributed by atoms with van der Waals surface area (Å²) >= 11 is 0. The van der Waals surface area contributed by atoms with Gasteiger partial charge in [0.25, 0.3) is 5.91 Å². The highest BCUT2D eigenvalue weighted by atomic mass is 16.2. The summed E-state index contributed by atoms with van der Waals surface area (Å²) in [6.07, 6.45) is 3.25. The van der Waals surface area contributed by atoms with Crippen LogP contribution < -0.4 is 11.1 Å². The van der Waals surface area contributed by atoms with E-state index in [0.29, 0.717) is 5.69 Å². The summed E-state index contributed by atoms with van der Waals surface area (Å²) in [5.41, 5.74) is 6.26. The second-order valence-corrected chi connectivity index (χ2v) is 7.47. The molecule has 0 aliphatic carbocycles. The van der Waals surface area contributed by atoms with E-state index < -0.39 is 17.4 Å². The Balaban J connectivity index is 2.33. The molecule has 0 bridgehead atoms. The maximum absolute atomic E-state index is 12.8. The molecular weight excluding hydrogens is 316 g/mol. The first-order chi connectivity index (χ1) is 11.8. The molecule has 0 radical (unpaired) electrons. The number of fused-ring (bicyclic) bond motifs is 1. The van der Waals surface area contributed by atoms with Crippen molar-refractivity contribution in [2.75, 3.05) is 0 Å². The summed E-state index contributed by atoms with van der Waals surface area (Å²) in [6, 6.07) is 6.89. The highest BCUT2D eigenvalue weighted by Gasteiger charge is 2.32. The summed E-state index contributed by atoms with van der Waals surface area (Å²) in [6.45, 7) is 8.51. The molecule has 0 saturated heterocycles.